The van der Waals surface area contributed by atoms with Crippen molar-refractivity contribution >= 4 is 11.9 Å². The molecule has 2 unspecified atom stereocenters. The maximum atomic E-state index is 12.5. The van der Waals surface area contributed by atoms with E-state index in [1.807, 2.05) is 12.2 Å². The number of fused-ring (bicyclic) bond motifs is 5. The number of nitrogens with two attached hydrogens (primary N) is 1. The van der Waals surface area contributed by atoms with E-state index in [1.54, 1.807) is 12.1 Å². The van der Waals surface area contributed by atoms with E-state index in [4.69, 9.17) is 10.6 Å². The van der Waals surface area contributed by atoms with Gasteiger partial charge in [0.2, 0.25) is 11.8 Å². The molecule has 0 saturated carbocycles. The molecule has 1 aromatic carbocycles. The summed E-state index contributed by atoms with van der Waals surface area (Å²) in [6, 6.07) is 6.05. The second-order valence-electron chi connectivity index (χ2n) is 8.02. The summed E-state index contributed by atoms with van der Waals surface area (Å²) in [6.45, 7) is 1.27. The van der Waals surface area contributed by atoms with Crippen molar-refractivity contribution in [3.05, 3.63) is 58.7 Å². The largest absolute Gasteiger partial charge is 0.492 e. The minimum absolute atomic E-state index is 0.0318. The fraction of sp³-hybridized carbons (Fsp3) is 0.391. The van der Waals surface area contributed by atoms with Gasteiger partial charge in [-0.2, -0.15) is 0 Å². The third-order valence-electron chi connectivity index (χ3n) is 5.96. The first-order valence-electron chi connectivity index (χ1n) is 10.7. The Morgan fingerprint density at radius 1 is 0.968 bits per heavy atom. The highest BCUT2D eigenvalue weighted by molar-refractivity contribution is 5.96. The molecule has 4 rings (SSSR count). The van der Waals surface area contributed by atoms with Gasteiger partial charge in [0.1, 0.15) is 0 Å². The Morgan fingerprint density at radius 3 is 2.16 bits per heavy atom. The van der Waals surface area contributed by atoms with Gasteiger partial charge < -0.3 is 26.1 Å². The number of hydrogen-bond donors (Lipinski definition) is 4. The third kappa shape index (κ3) is 4.03. The summed E-state index contributed by atoms with van der Waals surface area (Å²) in [4.78, 5) is 30.0. The standard InChI is InChI=1S/C23H27N3O5/c24-11-3-1-2-4-12-25-20(27)14-5-7-15(8-6-14)23(30)31-26-21(28)18-16-9-10-17(13-16)19(18)22(26)29/h5-10,16-17,28-29H,1-4,11-13,24H2,(H,25,27). The van der Waals surface area contributed by atoms with Crippen LogP contribution in [-0.4, -0.2) is 39.9 Å². The van der Waals surface area contributed by atoms with Gasteiger partial charge in [0.05, 0.1) is 5.56 Å². The molecule has 164 valence electrons. The Balaban J connectivity index is 1.35. The van der Waals surface area contributed by atoms with Gasteiger partial charge in [-0.25, -0.2) is 4.79 Å². The number of nitrogens with zero attached hydrogens (tertiary/aromatic N) is 1. The van der Waals surface area contributed by atoms with Crippen molar-refractivity contribution in [3.63, 3.8) is 0 Å². The molecule has 2 atom stereocenters. The van der Waals surface area contributed by atoms with E-state index >= 15 is 0 Å². The van der Waals surface area contributed by atoms with Crippen LogP contribution in [0.1, 0.15) is 75.8 Å². The van der Waals surface area contributed by atoms with Crippen LogP contribution in [-0.2, 0) is 0 Å². The Hall–Kier alpha value is -3.26. The smallest absolute Gasteiger partial charge is 0.363 e. The maximum Gasteiger partial charge on any atom is 0.363 e. The monoisotopic (exact) mass is 425 g/mol. The fourth-order valence-electron chi connectivity index (χ4n) is 4.32. The molecule has 0 radical (unpaired) electrons. The molecule has 0 saturated heterocycles. The van der Waals surface area contributed by atoms with Crippen molar-refractivity contribution in [3.8, 4) is 11.8 Å². The number of carbonyl (C=O) groups excluding carboxylic acids is 2. The molecule has 5 N–H and O–H groups in total. The molecule has 2 bridgehead atoms. The lowest BCUT2D eigenvalue weighted by atomic mass is 10.0. The molecule has 2 aliphatic rings. The summed E-state index contributed by atoms with van der Waals surface area (Å²) in [5.41, 5.74) is 7.33. The van der Waals surface area contributed by atoms with E-state index in [9.17, 15) is 19.8 Å². The predicted molar refractivity (Wildman–Crippen MR) is 114 cm³/mol. The number of rotatable bonds is 9. The number of nitrogens with one attached hydrogen (secondary N) is 1. The van der Waals surface area contributed by atoms with Crippen molar-refractivity contribution in [2.45, 2.75) is 43.9 Å². The number of benzene rings is 1. The van der Waals surface area contributed by atoms with Gasteiger partial charge in [-0.3, -0.25) is 4.79 Å². The van der Waals surface area contributed by atoms with Crippen LogP contribution >= 0.6 is 0 Å². The van der Waals surface area contributed by atoms with Crippen molar-refractivity contribution in [1.82, 2.24) is 10.0 Å². The van der Waals surface area contributed by atoms with E-state index in [0.717, 1.165) is 36.8 Å². The second-order valence-corrected chi connectivity index (χ2v) is 8.02. The van der Waals surface area contributed by atoms with Gasteiger partial charge in [-0.1, -0.05) is 25.0 Å². The van der Waals surface area contributed by atoms with E-state index in [1.165, 1.54) is 12.1 Å². The molecule has 1 amide bonds. The quantitative estimate of drug-likeness (QED) is 0.361. The number of allylic oxidation sites excluding steroid dienone is 2. The Kier molecular flexibility index (Phi) is 5.99. The molecule has 1 aromatic heterocycles. The molecule has 1 heterocycles. The van der Waals surface area contributed by atoms with Crippen molar-refractivity contribution in [2.75, 3.05) is 13.1 Å². The molecule has 2 aliphatic carbocycles. The molecule has 8 heteroatoms. The lowest BCUT2D eigenvalue weighted by Gasteiger charge is -2.10. The van der Waals surface area contributed by atoms with Crippen molar-refractivity contribution in [1.29, 1.82) is 0 Å². The zero-order valence-corrected chi connectivity index (χ0v) is 17.2. The van der Waals surface area contributed by atoms with Gasteiger partial charge >= 0.3 is 5.97 Å². The molecule has 31 heavy (non-hydrogen) atoms. The molecule has 2 aromatic rings. The lowest BCUT2D eigenvalue weighted by Crippen LogP contribution is -2.24. The van der Waals surface area contributed by atoms with Crippen molar-refractivity contribution in [2.24, 2.45) is 5.73 Å². The SMILES string of the molecule is NCCCCCCNC(=O)c1ccc(C(=O)On2c(O)c3c(c2O)C2C=CC3C2)cc1. The van der Waals surface area contributed by atoms with Gasteiger partial charge in [0, 0.05) is 35.1 Å². The number of hydrogen-bond acceptors (Lipinski definition) is 6. The highest BCUT2D eigenvalue weighted by Crippen LogP contribution is 2.56. The molecule has 8 nitrogen and oxygen atoms in total. The number of carbonyl (C=O) groups is 2. The zero-order valence-electron chi connectivity index (χ0n) is 17.2. The summed E-state index contributed by atoms with van der Waals surface area (Å²) in [7, 11) is 0. The third-order valence-corrected chi connectivity index (χ3v) is 5.96. The fourth-order valence-corrected chi connectivity index (χ4v) is 4.32. The average molecular weight is 425 g/mol. The topological polar surface area (TPSA) is 127 Å². The van der Waals surface area contributed by atoms with Crippen LogP contribution in [0.2, 0.25) is 0 Å². The lowest BCUT2D eigenvalue weighted by molar-refractivity contribution is 0.0378. The summed E-state index contributed by atoms with van der Waals surface area (Å²) in [5.74, 6) is -1.39. The number of amides is 1. The average Bonchev–Trinajstić information content (AvgIpc) is 3.46. The highest BCUT2D eigenvalue weighted by Gasteiger charge is 2.42. The van der Waals surface area contributed by atoms with E-state index in [2.05, 4.69) is 5.32 Å². The number of aromatic hydroxyl groups is 2. The van der Waals surface area contributed by atoms with Crippen LogP contribution in [0.3, 0.4) is 0 Å². The Morgan fingerprint density at radius 2 is 1.55 bits per heavy atom. The van der Waals surface area contributed by atoms with Crippen LogP contribution in [0, 0.1) is 0 Å². The van der Waals surface area contributed by atoms with Crippen molar-refractivity contribution < 1.29 is 24.6 Å². The first-order valence-corrected chi connectivity index (χ1v) is 10.7. The van der Waals surface area contributed by atoms with Gasteiger partial charge in [0.25, 0.3) is 5.91 Å². The van der Waals surface area contributed by atoms with Crippen LogP contribution in [0.4, 0.5) is 0 Å². The minimum Gasteiger partial charge on any atom is -0.492 e. The van der Waals surface area contributed by atoms with Gasteiger partial charge in [-0.15, -0.1) is 4.73 Å². The minimum atomic E-state index is -0.744. The highest BCUT2D eigenvalue weighted by atomic mass is 16.7. The molecular weight excluding hydrogens is 398 g/mol. The van der Waals surface area contributed by atoms with E-state index in [-0.39, 0.29) is 35.1 Å². The summed E-state index contributed by atoms with van der Waals surface area (Å²) >= 11 is 0. The van der Waals surface area contributed by atoms with E-state index in [0.29, 0.717) is 29.8 Å². The number of aromatic nitrogens is 1. The zero-order chi connectivity index (χ0) is 22.0. The summed E-state index contributed by atoms with van der Waals surface area (Å²) in [6.07, 6.45) is 8.74. The molecular formula is C23H27N3O5. The first-order chi connectivity index (χ1) is 15.0. The maximum absolute atomic E-state index is 12.5. The molecule has 0 fully saturated rings. The van der Waals surface area contributed by atoms with Crippen LogP contribution in [0.5, 0.6) is 11.8 Å². The van der Waals surface area contributed by atoms with Crippen LogP contribution in [0.25, 0.3) is 0 Å². The molecule has 0 aliphatic heterocycles. The normalized spacial score (nSPS) is 18.2. The second kappa shape index (κ2) is 8.85. The Bertz CT molecular complexity index is 974. The van der Waals surface area contributed by atoms with Gasteiger partial charge in [0.15, 0.2) is 0 Å². The summed E-state index contributed by atoms with van der Waals surface area (Å²) in [5, 5.41) is 23.7. The number of unbranched alkanes of at least 4 members (excludes halogenated alkanes) is 3. The van der Waals surface area contributed by atoms with Crippen LogP contribution in [0.15, 0.2) is 36.4 Å². The Labute approximate surface area is 180 Å². The molecule has 0 spiro atoms. The van der Waals surface area contributed by atoms with Crippen LogP contribution < -0.4 is 15.9 Å². The van der Waals surface area contributed by atoms with Gasteiger partial charge in [-0.05, 0) is 50.1 Å². The predicted octanol–water partition coefficient (Wildman–Crippen LogP) is 2.56. The summed E-state index contributed by atoms with van der Waals surface area (Å²) < 4.78 is 0.782. The first kappa shape index (κ1) is 21.0. The van der Waals surface area contributed by atoms with E-state index < -0.39 is 5.97 Å².